The van der Waals surface area contributed by atoms with Crippen molar-refractivity contribution in [3.8, 4) is 5.75 Å². The number of hydrogen-bond acceptors (Lipinski definition) is 6. The maximum atomic E-state index is 13.0. The zero-order chi connectivity index (χ0) is 21.3. The molecule has 0 bridgehead atoms. The molecule has 4 rings (SSSR count). The van der Waals surface area contributed by atoms with Crippen molar-refractivity contribution in [3.05, 3.63) is 69.5 Å². The minimum absolute atomic E-state index is 0.0957. The average molecular weight is 409 g/mol. The number of nitrogens with zero attached hydrogens (tertiary/aromatic N) is 3. The molecule has 1 saturated heterocycles. The minimum atomic E-state index is -0.384. The number of non-ortho nitro benzene ring substituents is 1. The second-order valence-electron chi connectivity index (χ2n) is 7.41. The van der Waals surface area contributed by atoms with Gasteiger partial charge in [-0.3, -0.25) is 19.8 Å². The quantitative estimate of drug-likeness (QED) is 0.472. The number of piperazine rings is 1. The van der Waals surface area contributed by atoms with Crippen LogP contribution in [0.25, 0.3) is 11.0 Å². The van der Waals surface area contributed by atoms with Gasteiger partial charge in [0, 0.05) is 55.8 Å². The highest BCUT2D eigenvalue weighted by molar-refractivity contribution is 5.99. The van der Waals surface area contributed by atoms with Crippen LogP contribution in [0.5, 0.6) is 5.75 Å². The normalized spacial score (nSPS) is 14.8. The maximum absolute atomic E-state index is 13.0. The summed E-state index contributed by atoms with van der Waals surface area (Å²) in [4.78, 5) is 27.6. The van der Waals surface area contributed by atoms with Gasteiger partial charge in [0.1, 0.15) is 11.3 Å². The van der Waals surface area contributed by atoms with E-state index in [-0.39, 0.29) is 16.5 Å². The van der Waals surface area contributed by atoms with Gasteiger partial charge in [0.15, 0.2) is 5.76 Å². The van der Waals surface area contributed by atoms with Crippen molar-refractivity contribution < 1.29 is 18.9 Å². The third kappa shape index (κ3) is 3.86. The molecule has 1 aliphatic heterocycles. The van der Waals surface area contributed by atoms with E-state index in [1.807, 2.05) is 31.2 Å². The number of benzene rings is 2. The van der Waals surface area contributed by atoms with Crippen LogP contribution in [0.15, 0.2) is 46.9 Å². The number of ether oxygens (including phenoxy) is 1. The molecular formula is C22H23N3O5. The third-order valence-electron chi connectivity index (χ3n) is 5.52. The van der Waals surface area contributed by atoms with Crippen molar-refractivity contribution >= 4 is 22.6 Å². The molecule has 30 heavy (non-hydrogen) atoms. The van der Waals surface area contributed by atoms with Gasteiger partial charge in [0.25, 0.3) is 11.6 Å². The van der Waals surface area contributed by atoms with Gasteiger partial charge in [0.05, 0.1) is 12.0 Å². The first-order chi connectivity index (χ1) is 14.5. The highest BCUT2D eigenvalue weighted by atomic mass is 16.6. The molecule has 1 aromatic heterocycles. The Balaban J connectivity index is 1.42. The number of nitro benzene ring substituents is 1. The second kappa shape index (κ2) is 8.16. The summed E-state index contributed by atoms with van der Waals surface area (Å²) in [6.45, 7) is 5.05. The summed E-state index contributed by atoms with van der Waals surface area (Å²) in [5.41, 5.74) is 2.47. The number of hydrogen-bond donors (Lipinski definition) is 0. The Morgan fingerprint density at radius 2 is 1.93 bits per heavy atom. The second-order valence-corrected chi connectivity index (χ2v) is 7.41. The zero-order valence-corrected chi connectivity index (χ0v) is 17.0. The van der Waals surface area contributed by atoms with Gasteiger partial charge in [-0.15, -0.1) is 0 Å². The summed E-state index contributed by atoms with van der Waals surface area (Å²) in [7, 11) is 1.61. The average Bonchev–Trinajstić information content (AvgIpc) is 3.09. The molecule has 0 unspecified atom stereocenters. The van der Waals surface area contributed by atoms with Crippen LogP contribution >= 0.6 is 0 Å². The van der Waals surface area contributed by atoms with E-state index >= 15 is 0 Å². The minimum Gasteiger partial charge on any atom is -0.497 e. The fourth-order valence-electron chi connectivity index (χ4n) is 3.81. The smallest absolute Gasteiger partial charge is 0.289 e. The SMILES string of the molecule is COc1ccc2oc(C(=O)N3CCN(Cc4cccc([N+](=O)[O-])c4)CC3)c(C)c2c1. The Kier molecular flexibility index (Phi) is 5.41. The number of fused-ring (bicyclic) bond motifs is 1. The van der Waals surface area contributed by atoms with Crippen molar-refractivity contribution in [1.82, 2.24) is 9.80 Å². The molecule has 2 aromatic carbocycles. The van der Waals surface area contributed by atoms with Gasteiger partial charge in [-0.1, -0.05) is 12.1 Å². The molecular weight excluding hydrogens is 386 g/mol. The third-order valence-corrected chi connectivity index (χ3v) is 5.52. The molecule has 1 fully saturated rings. The van der Waals surface area contributed by atoms with E-state index in [0.717, 1.165) is 22.3 Å². The number of aryl methyl sites for hydroxylation is 1. The molecule has 0 aliphatic carbocycles. The molecule has 3 aromatic rings. The van der Waals surface area contributed by atoms with Gasteiger partial charge in [-0.25, -0.2) is 0 Å². The highest BCUT2D eigenvalue weighted by Crippen LogP contribution is 2.29. The van der Waals surface area contributed by atoms with Crippen LogP contribution in [0.4, 0.5) is 5.69 Å². The van der Waals surface area contributed by atoms with Gasteiger partial charge in [-0.2, -0.15) is 0 Å². The zero-order valence-electron chi connectivity index (χ0n) is 17.0. The van der Waals surface area contributed by atoms with Crippen molar-refractivity contribution in [2.24, 2.45) is 0 Å². The van der Waals surface area contributed by atoms with Crippen LogP contribution in [0.1, 0.15) is 21.7 Å². The first-order valence-electron chi connectivity index (χ1n) is 9.78. The van der Waals surface area contributed by atoms with Crippen LogP contribution in [-0.2, 0) is 6.54 Å². The number of nitro groups is 1. The number of amides is 1. The van der Waals surface area contributed by atoms with Gasteiger partial charge in [0.2, 0.25) is 0 Å². The molecule has 156 valence electrons. The van der Waals surface area contributed by atoms with E-state index in [2.05, 4.69) is 4.90 Å². The predicted molar refractivity (Wildman–Crippen MR) is 112 cm³/mol. The standard InChI is InChI=1S/C22H23N3O5/c1-15-19-13-18(29-2)6-7-20(19)30-21(15)22(26)24-10-8-23(9-11-24)14-16-4-3-5-17(12-16)25(27)28/h3-7,12-13H,8-11,14H2,1-2H3. The lowest BCUT2D eigenvalue weighted by molar-refractivity contribution is -0.384. The van der Waals surface area contributed by atoms with Crippen molar-refractivity contribution in [3.63, 3.8) is 0 Å². The number of carbonyl (C=O) groups excluding carboxylic acids is 1. The number of rotatable bonds is 5. The van der Waals surface area contributed by atoms with E-state index in [9.17, 15) is 14.9 Å². The number of methoxy groups -OCH3 is 1. The lowest BCUT2D eigenvalue weighted by atomic mass is 10.1. The topological polar surface area (TPSA) is 89.1 Å². The van der Waals surface area contributed by atoms with Crippen LogP contribution < -0.4 is 4.74 Å². The molecule has 0 saturated carbocycles. The Bertz CT molecular complexity index is 1100. The predicted octanol–water partition coefficient (Wildman–Crippen LogP) is 3.62. The Hall–Kier alpha value is -3.39. The van der Waals surface area contributed by atoms with Crippen molar-refractivity contribution in [2.45, 2.75) is 13.5 Å². The lowest BCUT2D eigenvalue weighted by Crippen LogP contribution is -2.48. The van der Waals surface area contributed by atoms with Crippen molar-refractivity contribution in [1.29, 1.82) is 0 Å². The molecule has 8 heteroatoms. The number of furan rings is 1. The summed E-state index contributed by atoms with van der Waals surface area (Å²) in [5, 5.41) is 11.8. The summed E-state index contributed by atoms with van der Waals surface area (Å²) in [5.74, 6) is 0.975. The monoisotopic (exact) mass is 409 g/mol. The van der Waals surface area contributed by atoms with Gasteiger partial charge in [-0.05, 0) is 30.7 Å². The Morgan fingerprint density at radius 1 is 1.17 bits per heavy atom. The van der Waals surface area contributed by atoms with Crippen LogP contribution in [0.3, 0.4) is 0 Å². The maximum Gasteiger partial charge on any atom is 0.289 e. The van der Waals surface area contributed by atoms with Crippen LogP contribution in [0, 0.1) is 17.0 Å². The molecule has 0 atom stereocenters. The molecule has 0 N–H and O–H groups in total. The summed E-state index contributed by atoms with van der Waals surface area (Å²) < 4.78 is 11.1. The van der Waals surface area contributed by atoms with E-state index in [1.165, 1.54) is 6.07 Å². The van der Waals surface area contributed by atoms with E-state index in [0.29, 0.717) is 44.1 Å². The fraction of sp³-hybridized carbons (Fsp3) is 0.318. The van der Waals surface area contributed by atoms with Gasteiger partial charge >= 0.3 is 0 Å². The first-order valence-corrected chi connectivity index (χ1v) is 9.78. The van der Waals surface area contributed by atoms with E-state index in [4.69, 9.17) is 9.15 Å². The van der Waals surface area contributed by atoms with E-state index < -0.39 is 0 Å². The molecule has 2 heterocycles. The Morgan fingerprint density at radius 3 is 2.63 bits per heavy atom. The van der Waals surface area contributed by atoms with Crippen LogP contribution in [0.2, 0.25) is 0 Å². The highest BCUT2D eigenvalue weighted by Gasteiger charge is 2.27. The summed E-state index contributed by atoms with van der Waals surface area (Å²) >= 11 is 0. The van der Waals surface area contributed by atoms with Crippen LogP contribution in [-0.4, -0.2) is 53.9 Å². The lowest BCUT2D eigenvalue weighted by Gasteiger charge is -2.34. The van der Waals surface area contributed by atoms with E-state index in [1.54, 1.807) is 24.1 Å². The molecule has 8 nitrogen and oxygen atoms in total. The fourth-order valence-corrected chi connectivity index (χ4v) is 3.81. The summed E-state index contributed by atoms with van der Waals surface area (Å²) in [6.07, 6.45) is 0. The molecule has 0 spiro atoms. The molecule has 1 amide bonds. The Labute approximate surface area is 173 Å². The first kappa shape index (κ1) is 19.9. The summed E-state index contributed by atoms with van der Waals surface area (Å²) in [6, 6.07) is 12.2. The molecule has 1 aliphatic rings. The number of carbonyl (C=O) groups is 1. The van der Waals surface area contributed by atoms with Gasteiger partial charge < -0.3 is 14.1 Å². The largest absolute Gasteiger partial charge is 0.497 e. The molecule has 0 radical (unpaired) electrons. The van der Waals surface area contributed by atoms with Crippen molar-refractivity contribution in [2.75, 3.05) is 33.3 Å².